The molecule has 0 amide bonds. The molecule has 19 heavy (non-hydrogen) atoms. The van der Waals surface area contributed by atoms with Crippen LogP contribution in [-0.2, 0) is 16.1 Å². The van der Waals surface area contributed by atoms with Gasteiger partial charge in [-0.15, -0.1) is 0 Å². The minimum Gasteiger partial charge on any atom is -0.493 e. The van der Waals surface area contributed by atoms with Gasteiger partial charge in [-0.3, -0.25) is 4.79 Å². The third-order valence-corrected chi connectivity index (χ3v) is 2.70. The number of carboxylic acids is 1. The average Bonchev–Trinajstić information content (AvgIpc) is 2.37. The van der Waals surface area contributed by atoms with Crippen molar-refractivity contribution in [3.05, 3.63) is 23.3 Å². The van der Waals surface area contributed by atoms with E-state index in [1.807, 2.05) is 0 Å². The summed E-state index contributed by atoms with van der Waals surface area (Å²) in [4.78, 5) is 10.7. The van der Waals surface area contributed by atoms with Crippen LogP contribution in [0.15, 0.2) is 12.1 Å². The van der Waals surface area contributed by atoms with Crippen molar-refractivity contribution in [1.82, 2.24) is 0 Å². The second-order valence-electron chi connectivity index (χ2n) is 4.05. The fourth-order valence-corrected chi connectivity index (χ4v) is 1.85. The van der Waals surface area contributed by atoms with Crippen LogP contribution in [0.25, 0.3) is 0 Å². The number of nitrogens with two attached hydrogens (primary N) is 1. The summed E-state index contributed by atoms with van der Waals surface area (Å²) < 4.78 is 15.6. The Morgan fingerprint density at radius 1 is 1.32 bits per heavy atom. The van der Waals surface area contributed by atoms with Crippen molar-refractivity contribution in [3.63, 3.8) is 0 Å². The molecule has 0 heterocycles. The van der Waals surface area contributed by atoms with Gasteiger partial charge >= 0.3 is 5.97 Å². The van der Waals surface area contributed by atoms with Crippen molar-refractivity contribution >= 4 is 5.97 Å². The smallest absolute Gasteiger partial charge is 0.305 e. The van der Waals surface area contributed by atoms with E-state index in [1.165, 1.54) is 14.2 Å². The Labute approximate surface area is 112 Å². The highest BCUT2D eigenvalue weighted by Crippen LogP contribution is 2.35. The van der Waals surface area contributed by atoms with E-state index in [9.17, 15) is 4.79 Å². The Bertz CT molecular complexity index is 447. The number of hydrogen-bond acceptors (Lipinski definition) is 5. The molecule has 1 unspecified atom stereocenters. The Morgan fingerprint density at radius 3 is 2.47 bits per heavy atom. The van der Waals surface area contributed by atoms with Gasteiger partial charge in [0.15, 0.2) is 11.5 Å². The maximum absolute atomic E-state index is 10.7. The van der Waals surface area contributed by atoms with Crippen LogP contribution in [0, 0.1) is 0 Å². The van der Waals surface area contributed by atoms with Crippen molar-refractivity contribution in [3.8, 4) is 11.5 Å². The van der Waals surface area contributed by atoms with Crippen molar-refractivity contribution in [2.45, 2.75) is 19.1 Å². The minimum atomic E-state index is -0.949. The number of benzene rings is 1. The van der Waals surface area contributed by atoms with E-state index in [0.717, 1.165) is 5.56 Å². The van der Waals surface area contributed by atoms with Crippen molar-refractivity contribution in [2.24, 2.45) is 5.73 Å². The predicted octanol–water partition coefficient (Wildman–Crippen LogP) is 1.32. The zero-order valence-corrected chi connectivity index (χ0v) is 11.3. The first-order valence-corrected chi connectivity index (χ1v) is 5.74. The number of aliphatic carboxylic acids is 1. The summed E-state index contributed by atoms with van der Waals surface area (Å²) >= 11 is 0. The minimum absolute atomic E-state index is 0.151. The highest BCUT2D eigenvalue weighted by molar-refractivity contribution is 5.68. The number of hydrogen-bond donors (Lipinski definition) is 2. The quantitative estimate of drug-likeness (QED) is 0.776. The zero-order valence-electron chi connectivity index (χ0n) is 11.3. The highest BCUT2D eigenvalue weighted by atomic mass is 16.5. The molecule has 1 atom stereocenters. The molecule has 1 aromatic carbocycles. The van der Waals surface area contributed by atoms with Gasteiger partial charge in [-0.25, -0.2) is 0 Å². The average molecular weight is 269 g/mol. The second kappa shape index (κ2) is 6.96. The van der Waals surface area contributed by atoms with E-state index < -0.39 is 12.0 Å². The monoisotopic (exact) mass is 269 g/mol. The molecule has 3 N–H and O–H groups in total. The summed E-state index contributed by atoms with van der Waals surface area (Å²) in [5.41, 5.74) is 7.30. The van der Waals surface area contributed by atoms with Gasteiger partial charge in [-0.2, -0.15) is 0 Å². The summed E-state index contributed by atoms with van der Waals surface area (Å²) in [5, 5.41) is 8.78. The Balaban J connectivity index is 3.19. The van der Waals surface area contributed by atoms with Gasteiger partial charge in [0.1, 0.15) is 0 Å². The van der Waals surface area contributed by atoms with Crippen molar-refractivity contribution < 1.29 is 24.1 Å². The number of ether oxygens (including phenoxy) is 3. The van der Waals surface area contributed by atoms with Crippen LogP contribution < -0.4 is 15.2 Å². The third-order valence-electron chi connectivity index (χ3n) is 2.70. The molecular formula is C13H19NO5. The molecule has 0 aliphatic heterocycles. The third kappa shape index (κ3) is 3.84. The lowest BCUT2D eigenvalue weighted by Crippen LogP contribution is -2.15. The normalized spacial score (nSPS) is 12.0. The molecular weight excluding hydrogens is 250 g/mol. The van der Waals surface area contributed by atoms with Crippen LogP contribution in [0.2, 0.25) is 0 Å². The van der Waals surface area contributed by atoms with Gasteiger partial charge in [0.2, 0.25) is 0 Å². The predicted molar refractivity (Wildman–Crippen MR) is 69.4 cm³/mol. The first-order valence-electron chi connectivity index (χ1n) is 5.74. The lowest BCUT2D eigenvalue weighted by molar-refractivity contribution is -0.137. The van der Waals surface area contributed by atoms with Gasteiger partial charge in [-0.05, 0) is 17.7 Å². The lowest BCUT2D eigenvalue weighted by atomic mass is 10.0. The van der Waals surface area contributed by atoms with E-state index in [2.05, 4.69) is 0 Å². The summed E-state index contributed by atoms with van der Waals surface area (Å²) in [6.07, 6.45) is -0.151. The molecule has 0 bridgehead atoms. The first kappa shape index (κ1) is 15.3. The van der Waals surface area contributed by atoms with Gasteiger partial charge in [0.05, 0.1) is 27.2 Å². The molecule has 0 fully saturated rings. The highest BCUT2D eigenvalue weighted by Gasteiger charge is 2.17. The maximum Gasteiger partial charge on any atom is 0.305 e. The Morgan fingerprint density at radius 2 is 2.00 bits per heavy atom. The SMILES string of the molecule is COCc1cc(C(N)CC(=O)O)cc(OC)c1OC. The molecule has 1 rings (SSSR count). The summed E-state index contributed by atoms with van der Waals surface area (Å²) in [7, 11) is 4.62. The maximum atomic E-state index is 10.7. The second-order valence-corrected chi connectivity index (χ2v) is 4.05. The number of methoxy groups -OCH3 is 3. The van der Waals surface area contributed by atoms with Gasteiger partial charge < -0.3 is 25.1 Å². The van der Waals surface area contributed by atoms with Crippen molar-refractivity contribution in [2.75, 3.05) is 21.3 Å². The molecule has 0 spiro atoms. The fourth-order valence-electron chi connectivity index (χ4n) is 1.85. The summed E-state index contributed by atoms with van der Waals surface area (Å²) in [5.74, 6) is 0.124. The molecule has 0 saturated carbocycles. The molecule has 0 aliphatic rings. The van der Waals surface area contributed by atoms with Crippen LogP contribution in [0.4, 0.5) is 0 Å². The Kier molecular flexibility index (Phi) is 5.59. The van der Waals surface area contributed by atoms with Gasteiger partial charge in [0.25, 0.3) is 0 Å². The van der Waals surface area contributed by atoms with E-state index in [4.69, 9.17) is 25.1 Å². The van der Waals surface area contributed by atoms with E-state index in [-0.39, 0.29) is 6.42 Å². The molecule has 0 saturated heterocycles. The molecule has 1 aromatic rings. The standard InChI is InChI=1S/C13H19NO5/c1-17-7-9-4-8(10(14)6-12(15)16)5-11(18-2)13(9)19-3/h4-5,10H,6-7,14H2,1-3H3,(H,15,16). The van der Waals surface area contributed by atoms with Gasteiger partial charge in [0, 0.05) is 18.7 Å². The van der Waals surface area contributed by atoms with Crippen LogP contribution in [0.1, 0.15) is 23.6 Å². The Hall–Kier alpha value is -1.79. The van der Waals surface area contributed by atoms with Crippen LogP contribution in [0.5, 0.6) is 11.5 Å². The largest absolute Gasteiger partial charge is 0.493 e. The molecule has 0 radical (unpaired) electrons. The van der Waals surface area contributed by atoms with Crippen LogP contribution in [0.3, 0.4) is 0 Å². The van der Waals surface area contributed by atoms with E-state index in [1.54, 1.807) is 19.2 Å². The number of rotatable bonds is 7. The topological polar surface area (TPSA) is 91.0 Å². The van der Waals surface area contributed by atoms with Gasteiger partial charge in [-0.1, -0.05) is 0 Å². The summed E-state index contributed by atoms with van der Waals surface area (Å²) in [6.45, 7) is 0.327. The molecule has 6 nitrogen and oxygen atoms in total. The summed E-state index contributed by atoms with van der Waals surface area (Å²) in [6, 6.07) is 2.86. The number of carbonyl (C=O) groups is 1. The van der Waals surface area contributed by atoms with E-state index in [0.29, 0.717) is 23.7 Å². The molecule has 106 valence electrons. The van der Waals surface area contributed by atoms with Crippen LogP contribution >= 0.6 is 0 Å². The lowest BCUT2D eigenvalue weighted by Gasteiger charge is -2.17. The first-order chi connectivity index (χ1) is 9.03. The van der Waals surface area contributed by atoms with E-state index >= 15 is 0 Å². The molecule has 0 aliphatic carbocycles. The zero-order chi connectivity index (χ0) is 14.4. The fraction of sp³-hybridized carbons (Fsp3) is 0.462. The van der Waals surface area contributed by atoms with Crippen LogP contribution in [-0.4, -0.2) is 32.4 Å². The number of carboxylic acid groups (broad SMARTS) is 1. The van der Waals surface area contributed by atoms with Crippen molar-refractivity contribution in [1.29, 1.82) is 0 Å². The molecule has 6 heteroatoms. The molecule has 0 aromatic heterocycles.